The number of aliphatic imine (C=N–C) groups is 1. The minimum Gasteiger partial charge on any atom is -0.381 e. The fourth-order valence-corrected chi connectivity index (χ4v) is 2.24. The molecule has 0 aliphatic carbocycles. The second-order valence-electron chi connectivity index (χ2n) is 4.96. The second kappa shape index (κ2) is 7.73. The van der Waals surface area contributed by atoms with E-state index in [1.54, 1.807) is 13.3 Å². The van der Waals surface area contributed by atoms with Crippen LogP contribution >= 0.6 is 0 Å². The van der Waals surface area contributed by atoms with Crippen molar-refractivity contribution in [2.45, 2.75) is 32.3 Å². The van der Waals surface area contributed by atoms with Crippen LogP contribution < -0.4 is 10.2 Å². The number of methoxy groups -OCH3 is 1. The van der Waals surface area contributed by atoms with Gasteiger partial charge in [0, 0.05) is 32.6 Å². The van der Waals surface area contributed by atoms with Gasteiger partial charge in [0.2, 0.25) is 5.95 Å². The first-order valence-corrected chi connectivity index (χ1v) is 7.32. The summed E-state index contributed by atoms with van der Waals surface area (Å²) < 4.78 is 5.38. The van der Waals surface area contributed by atoms with Crippen molar-refractivity contribution in [3.63, 3.8) is 0 Å². The normalized spacial score (nSPS) is 16.4. The standard InChI is InChI=1S/C15H23N5O/c1-4-8-16-12(2)18-14-5-9-17-15(19-14)20-10-6-13(21-3)7-11-20/h5,8-9,13H,2,4,6-7,10-11H2,1,3H3,(H,17,18,19)/b16-8-. The molecule has 1 aliphatic rings. The summed E-state index contributed by atoms with van der Waals surface area (Å²) in [5, 5.41) is 3.08. The maximum Gasteiger partial charge on any atom is 0.227 e. The van der Waals surface area contributed by atoms with Gasteiger partial charge < -0.3 is 15.0 Å². The van der Waals surface area contributed by atoms with Crippen LogP contribution in [-0.2, 0) is 4.74 Å². The van der Waals surface area contributed by atoms with Crippen molar-refractivity contribution >= 4 is 18.0 Å². The van der Waals surface area contributed by atoms with Crippen molar-refractivity contribution in [3.8, 4) is 0 Å². The molecule has 1 aromatic heterocycles. The van der Waals surface area contributed by atoms with E-state index in [-0.39, 0.29) is 0 Å². The van der Waals surface area contributed by atoms with Gasteiger partial charge in [-0.2, -0.15) is 4.98 Å². The number of anilines is 2. The number of nitrogens with zero attached hydrogens (tertiary/aromatic N) is 4. The van der Waals surface area contributed by atoms with Crippen LogP contribution in [0.15, 0.2) is 29.7 Å². The Hall–Kier alpha value is -1.95. The number of ether oxygens (including phenoxy) is 1. The first-order valence-electron chi connectivity index (χ1n) is 7.32. The van der Waals surface area contributed by atoms with Crippen molar-refractivity contribution in [2.75, 3.05) is 30.4 Å². The highest BCUT2D eigenvalue weighted by molar-refractivity contribution is 5.59. The first-order chi connectivity index (χ1) is 10.2. The van der Waals surface area contributed by atoms with Gasteiger partial charge >= 0.3 is 0 Å². The fraction of sp³-hybridized carbons (Fsp3) is 0.533. The van der Waals surface area contributed by atoms with Crippen molar-refractivity contribution in [1.29, 1.82) is 0 Å². The summed E-state index contributed by atoms with van der Waals surface area (Å²) in [6.45, 7) is 7.71. The molecule has 0 amide bonds. The SMILES string of the molecule is C=C(/N=C\CC)Nc1ccnc(N2CCC(OC)CC2)n1. The Bertz CT molecular complexity index is 495. The van der Waals surface area contributed by atoms with Gasteiger partial charge in [0.15, 0.2) is 0 Å². The smallest absolute Gasteiger partial charge is 0.227 e. The molecule has 0 aromatic carbocycles. The fourth-order valence-electron chi connectivity index (χ4n) is 2.24. The molecule has 0 spiro atoms. The molecule has 1 fully saturated rings. The highest BCUT2D eigenvalue weighted by Gasteiger charge is 2.20. The van der Waals surface area contributed by atoms with Gasteiger partial charge in [0.05, 0.1) is 6.10 Å². The Morgan fingerprint density at radius 1 is 1.57 bits per heavy atom. The highest BCUT2D eigenvalue weighted by Crippen LogP contribution is 2.19. The van der Waals surface area contributed by atoms with Crippen LogP contribution in [0.2, 0.25) is 0 Å². The lowest BCUT2D eigenvalue weighted by Crippen LogP contribution is -2.37. The quantitative estimate of drug-likeness (QED) is 0.815. The van der Waals surface area contributed by atoms with E-state index >= 15 is 0 Å². The van der Waals surface area contributed by atoms with Crippen molar-refractivity contribution in [3.05, 3.63) is 24.7 Å². The molecule has 21 heavy (non-hydrogen) atoms. The molecule has 6 heteroatoms. The first kappa shape index (κ1) is 15.4. The van der Waals surface area contributed by atoms with Crippen molar-refractivity contribution in [2.24, 2.45) is 4.99 Å². The van der Waals surface area contributed by atoms with Gasteiger partial charge in [-0.3, -0.25) is 0 Å². The molecule has 114 valence electrons. The molecule has 1 aromatic rings. The van der Waals surface area contributed by atoms with Crippen LogP contribution in [-0.4, -0.2) is 42.5 Å². The van der Waals surface area contributed by atoms with Crippen LogP contribution in [0.5, 0.6) is 0 Å². The molecule has 0 atom stereocenters. The van der Waals surface area contributed by atoms with E-state index in [4.69, 9.17) is 4.74 Å². The minimum atomic E-state index is 0.353. The zero-order valence-corrected chi connectivity index (χ0v) is 12.7. The molecule has 2 heterocycles. The Labute approximate surface area is 126 Å². The van der Waals surface area contributed by atoms with E-state index in [9.17, 15) is 0 Å². The molecular formula is C15H23N5O. The Morgan fingerprint density at radius 3 is 3.00 bits per heavy atom. The lowest BCUT2D eigenvalue weighted by atomic mass is 10.1. The third-order valence-electron chi connectivity index (χ3n) is 3.40. The predicted molar refractivity (Wildman–Crippen MR) is 85.8 cm³/mol. The highest BCUT2D eigenvalue weighted by atomic mass is 16.5. The number of aromatic nitrogens is 2. The van der Waals surface area contributed by atoms with Gasteiger partial charge in [0.1, 0.15) is 11.6 Å². The summed E-state index contributed by atoms with van der Waals surface area (Å²) in [6.07, 6.45) is 6.81. The largest absolute Gasteiger partial charge is 0.381 e. The van der Waals surface area contributed by atoms with E-state index in [0.29, 0.717) is 17.7 Å². The van der Waals surface area contributed by atoms with Crippen molar-refractivity contribution < 1.29 is 4.74 Å². The van der Waals surface area contributed by atoms with E-state index in [1.807, 2.05) is 19.2 Å². The van der Waals surface area contributed by atoms with Crippen LogP contribution in [0.3, 0.4) is 0 Å². The summed E-state index contributed by atoms with van der Waals surface area (Å²) in [6, 6.07) is 1.82. The molecule has 6 nitrogen and oxygen atoms in total. The molecule has 0 radical (unpaired) electrons. The molecular weight excluding hydrogens is 266 g/mol. The van der Waals surface area contributed by atoms with Gasteiger partial charge in [0.25, 0.3) is 0 Å². The Morgan fingerprint density at radius 2 is 2.33 bits per heavy atom. The number of rotatable bonds is 6. The summed E-state index contributed by atoms with van der Waals surface area (Å²) in [4.78, 5) is 15.2. The average Bonchev–Trinajstić information content (AvgIpc) is 2.53. The number of hydrogen-bond acceptors (Lipinski definition) is 6. The van der Waals surface area contributed by atoms with Gasteiger partial charge in [-0.1, -0.05) is 13.5 Å². The van der Waals surface area contributed by atoms with E-state index in [1.165, 1.54) is 0 Å². The molecule has 0 saturated carbocycles. The Kier molecular flexibility index (Phi) is 5.68. The summed E-state index contributed by atoms with van der Waals surface area (Å²) in [7, 11) is 1.77. The van der Waals surface area contributed by atoms with E-state index < -0.39 is 0 Å². The summed E-state index contributed by atoms with van der Waals surface area (Å²) >= 11 is 0. The molecule has 0 unspecified atom stereocenters. The lowest BCUT2D eigenvalue weighted by Gasteiger charge is -2.31. The van der Waals surface area contributed by atoms with Crippen molar-refractivity contribution in [1.82, 2.24) is 9.97 Å². The van der Waals surface area contributed by atoms with E-state index in [2.05, 4.69) is 31.8 Å². The number of piperidine rings is 1. The van der Waals surface area contributed by atoms with E-state index in [0.717, 1.165) is 38.3 Å². The molecule has 1 aliphatic heterocycles. The summed E-state index contributed by atoms with van der Waals surface area (Å²) in [5.74, 6) is 2.04. The molecule has 1 N–H and O–H groups in total. The minimum absolute atomic E-state index is 0.353. The molecule has 2 rings (SSSR count). The zero-order valence-electron chi connectivity index (χ0n) is 12.7. The average molecular weight is 289 g/mol. The topological polar surface area (TPSA) is 62.6 Å². The predicted octanol–water partition coefficient (Wildman–Crippen LogP) is 2.46. The van der Waals surface area contributed by atoms with Gasteiger partial charge in [-0.05, 0) is 25.3 Å². The Balaban J connectivity index is 1.98. The number of hydrogen-bond donors (Lipinski definition) is 1. The van der Waals surface area contributed by atoms with Crippen LogP contribution in [0, 0.1) is 0 Å². The van der Waals surface area contributed by atoms with Gasteiger partial charge in [-0.25, -0.2) is 9.98 Å². The second-order valence-corrected chi connectivity index (χ2v) is 4.96. The maximum absolute atomic E-state index is 5.38. The van der Waals surface area contributed by atoms with Crippen LogP contribution in [0.25, 0.3) is 0 Å². The molecule has 0 bridgehead atoms. The third kappa shape index (κ3) is 4.53. The third-order valence-corrected chi connectivity index (χ3v) is 3.40. The number of nitrogens with one attached hydrogen (secondary N) is 1. The van der Waals surface area contributed by atoms with Gasteiger partial charge in [-0.15, -0.1) is 0 Å². The maximum atomic E-state index is 5.38. The van der Waals surface area contributed by atoms with Crippen LogP contribution in [0.4, 0.5) is 11.8 Å². The lowest BCUT2D eigenvalue weighted by molar-refractivity contribution is 0.0816. The van der Waals surface area contributed by atoms with Crippen LogP contribution in [0.1, 0.15) is 26.2 Å². The zero-order chi connectivity index (χ0) is 15.1. The summed E-state index contributed by atoms with van der Waals surface area (Å²) in [5.41, 5.74) is 0. The molecule has 1 saturated heterocycles. The monoisotopic (exact) mass is 289 g/mol.